The summed E-state index contributed by atoms with van der Waals surface area (Å²) in [6, 6.07) is 0. The average molecular weight is 152 g/mol. The van der Waals surface area contributed by atoms with Crippen molar-refractivity contribution in [1.29, 1.82) is 0 Å². The Bertz CT molecular complexity index is 193. The molecule has 0 unspecified atom stereocenters. The van der Waals surface area contributed by atoms with Crippen LogP contribution in [0.5, 0.6) is 5.88 Å². The van der Waals surface area contributed by atoms with E-state index in [2.05, 4.69) is 14.1 Å². The first-order valence-electron chi connectivity index (χ1n) is 2.15. The van der Waals surface area contributed by atoms with E-state index in [1.54, 1.807) is 6.39 Å². The van der Waals surface area contributed by atoms with E-state index in [1.165, 1.54) is 0 Å². The zero-order valence-corrected chi connectivity index (χ0v) is 4.47. The van der Waals surface area contributed by atoms with Gasteiger partial charge in [0.1, 0.15) is 0 Å². The SMILES string of the molecule is FC(F)(F)Oc1co[c]n1. The second-order valence-electron chi connectivity index (χ2n) is 1.32. The summed E-state index contributed by atoms with van der Waals surface area (Å²) in [6.45, 7) is 0. The van der Waals surface area contributed by atoms with Crippen LogP contribution in [0, 0.1) is 6.39 Å². The average Bonchev–Trinajstić information content (AvgIpc) is 2.12. The lowest BCUT2D eigenvalue weighted by Crippen LogP contribution is -2.17. The Labute approximate surface area is 53.4 Å². The number of aromatic nitrogens is 1. The fraction of sp³-hybridized carbons (Fsp3) is 0.250. The van der Waals surface area contributed by atoms with Crippen LogP contribution >= 0.6 is 0 Å². The minimum absolute atomic E-state index is 0.646. The van der Waals surface area contributed by atoms with Crippen LogP contribution in [0.1, 0.15) is 0 Å². The molecule has 0 fully saturated rings. The van der Waals surface area contributed by atoms with Crippen LogP contribution in [0.3, 0.4) is 0 Å². The van der Waals surface area contributed by atoms with Crippen molar-refractivity contribution in [2.75, 3.05) is 0 Å². The molecule has 0 saturated carbocycles. The lowest BCUT2D eigenvalue weighted by atomic mass is 10.9. The van der Waals surface area contributed by atoms with Crippen LogP contribution in [0.2, 0.25) is 0 Å². The number of hydrogen-bond donors (Lipinski definition) is 0. The van der Waals surface area contributed by atoms with E-state index in [9.17, 15) is 13.2 Å². The van der Waals surface area contributed by atoms with Gasteiger partial charge in [0, 0.05) is 0 Å². The first kappa shape index (κ1) is 6.91. The molecule has 0 aliphatic heterocycles. The monoisotopic (exact) mass is 152 g/mol. The summed E-state index contributed by atoms with van der Waals surface area (Å²) >= 11 is 0. The van der Waals surface area contributed by atoms with Gasteiger partial charge < -0.3 is 9.15 Å². The van der Waals surface area contributed by atoms with Gasteiger partial charge in [0.05, 0.1) is 0 Å². The van der Waals surface area contributed by atoms with E-state index < -0.39 is 12.2 Å². The maximum Gasteiger partial charge on any atom is 0.574 e. The molecule has 0 amide bonds. The quantitative estimate of drug-likeness (QED) is 0.609. The Morgan fingerprint density at radius 2 is 2.30 bits per heavy atom. The largest absolute Gasteiger partial charge is 0.574 e. The molecule has 3 nitrogen and oxygen atoms in total. The predicted molar refractivity (Wildman–Crippen MR) is 22.0 cm³/mol. The molecule has 0 aromatic carbocycles. The lowest BCUT2D eigenvalue weighted by molar-refractivity contribution is -0.276. The highest BCUT2D eigenvalue weighted by Gasteiger charge is 2.32. The van der Waals surface area contributed by atoms with Gasteiger partial charge in [-0.15, -0.1) is 13.2 Å². The molecule has 0 saturated heterocycles. The number of nitrogens with zero attached hydrogens (tertiary/aromatic N) is 1. The van der Waals surface area contributed by atoms with Crippen molar-refractivity contribution in [2.45, 2.75) is 6.36 Å². The molecule has 1 heterocycles. The van der Waals surface area contributed by atoms with Crippen LogP contribution in [0.4, 0.5) is 13.2 Å². The predicted octanol–water partition coefficient (Wildman–Crippen LogP) is 1.37. The molecule has 1 aromatic rings. The van der Waals surface area contributed by atoms with E-state index in [0.717, 1.165) is 0 Å². The van der Waals surface area contributed by atoms with Crippen molar-refractivity contribution in [3.63, 3.8) is 0 Å². The highest BCUT2D eigenvalue weighted by Crippen LogP contribution is 2.19. The van der Waals surface area contributed by atoms with E-state index in [0.29, 0.717) is 6.26 Å². The molecule has 1 radical (unpaired) electrons. The van der Waals surface area contributed by atoms with Crippen molar-refractivity contribution >= 4 is 0 Å². The molecule has 0 bridgehead atoms. The third kappa shape index (κ3) is 1.96. The Morgan fingerprint density at radius 3 is 2.70 bits per heavy atom. The van der Waals surface area contributed by atoms with Crippen LogP contribution < -0.4 is 4.74 Å². The molecule has 1 rings (SSSR count). The van der Waals surface area contributed by atoms with Crippen LogP contribution in [-0.4, -0.2) is 11.3 Å². The Morgan fingerprint density at radius 1 is 1.60 bits per heavy atom. The molecule has 0 N–H and O–H groups in total. The molecule has 55 valence electrons. The summed E-state index contributed by atoms with van der Waals surface area (Å²) in [5, 5.41) is 0. The third-order valence-electron chi connectivity index (χ3n) is 0.589. The smallest absolute Gasteiger partial charge is 0.437 e. The van der Waals surface area contributed by atoms with E-state index in [-0.39, 0.29) is 0 Å². The van der Waals surface area contributed by atoms with Crippen molar-refractivity contribution in [2.24, 2.45) is 0 Å². The lowest BCUT2D eigenvalue weighted by Gasteiger charge is -2.02. The summed E-state index contributed by atoms with van der Waals surface area (Å²) in [5.74, 6) is -0.646. The molecule has 10 heavy (non-hydrogen) atoms. The molecule has 0 atom stereocenters. The standard InChI is InChI=1S/C4HF3NO2/c5-4(6,7)10-3-1-9-2-8-3/h1H. The number of oxazole rings is 1. The van der Waals surface area contributed by atoms with Gasteiger partial charge in [0.25, 0.3) is 12.3 Å². The molecule has 0 spiro atoms. The Hall–Kier alpha value is -1.20. The van der Waals surface area contributed by atoms with Crippen molar-refractivity contribution in [1.82, 2.24) is 4.98 Å². The van der Waals surface area contributed by atoms with Gasteiger partial charge in [-0.3, -0.25) is 0 Å². The number of alkyl halides is 3. The first-order chi connectivity index (χ1) is 4.58. The maximum atomic E-state index is 11.3. The second-order valence-corrected chi connectivity index (χ2v) is 1.32. The van der Waals surface area contributed by atoms with E-state index >= 15 is 0 Å². The van der Waals surface area contributed by atoms with Crippen molar-refractivity contribution < 1.29 is 22.3 Å². The molecule has 0 aliphatic carbocycles. The van der Waals surface area contributed by atoms with Gasteiger partial charge in [-0.05, 0) is 0 Å². The highest BCUT2D eigenvalue weighted by molar-refractivity contribution is 4.97. The van der Waals surface area contributed by atoms with Gasteiger partial charge in [-0.1, -0.05) is 0 Å². The van der Waals surface area contributed by atoms with E-state index in [1.807, 2.05) is 0 Å². The fourth-order valence-corrected chi connectivity index (χ4v) is 0.340. The molecule has 1 aromatic heterocycles. The summed E-state index contributed by atoms with van der Waals surface area (Å²) in [6.07, 6.45) is -2.21. The first-order valence-corrected chi connectivity index (χ1v) is 2.15. The van der Waals surface area contributed by atoms with E-state index in [4.69, 9.17) is 0 Å². The van der Waals surface area contributed by atoms with Gasteiger partial charge in [0.15, 0.2) is 6.26 Å². The Balaban J connectivity index is 2.57. The number of ether oxygens (including phenoxy) is 1. The van der Waals surface area contributed by atoms with Crippen LogP contribution in [0.15, 0.2) is 10.7 Å². The summed E-state index contributed by atoms with van der Waals surface area (Å²) in [5.41, 5.74) is 0. The molecule has 0 aliphatic rings. The fourth-order valence-electron chi connectivity index (χ4n) is 0.340. The topological polar surface area (TPSA) is 35.3 Å². The van der Waals surface area contributed by atoms with Crippen LogP contribution in [0.25, 0.3) is 0 Å². The summed E-state index contributed by atoms with van der Waals surface area (Å²) in [7, 11) is 0. The van der Waals surface area contributed by atoms with Gasteiger partial charge >= 0.3 is 6.36 Å². The van der Waals surface area contributed by atoms with Crippen LogP contribution in [-0.2, 0) is 0 Å². The van der Waals surface area contributed by atoms with Gasteiger partial charge in [0.2, 0.25) is 0 Å². The number of rotatable bonds is 1. The second kappa shape index (κ2) is 2.20. The normalized spacial score (nSPS) is 11.5. The molecular weight excluding hydrogens is 151 g/mol. The summed E-state index contributed by atoms with van der Waals surface area (Å²) in [4.78, 5) is 2.97. The zero-order valence-electron chi connectivity index (χ0n) is 4.47. The van der Waals surface area contributed by atoms with Gasteiger partial charge in [-0.2, -0.15) is 4.98 Å². The summed E-state index contributed by atoms with van der Waals surface area (Å²) < 4.78 is 41.3. The zero-order chi connectivity index (χ0) is 7.61. The minimum atomic E-state index is -4.72. The van der Waals surface area contributed by atoms with Crippen molar-refractivity contribution in [3.8, 4) is 5.88 Å². The minimum Gasteiger partial charge on any atom is -0.437 e. The molecular formula is C4HF3NO2. The maximum absolute atomic E-state index is 11.3. The van der Waals surface area contributed by atoms with Gasteiger partial charge in [-0.25, -0.2) is 0 Å². The third-order valence-corrected chi connectivity index (χ3v) is 0.589. The number of hydrogen-bond acceptors (Lipinski definition) is 3. The van der Waals surface area contributed by atoms with Crippen molar-refractivity contribution in [3.05, 3.63) is 12.7 Å². The highest BCUT2D eigenvalue weighted by atomic mass is 19.4. The molecule has 6 heteroatoms. The Kier molecular flexibility index (Phi) is 1.52. The number of halogens is 3.